The van der Waals surface area contributed by atoms with Gasteiger partial charge in [0.15, 0.2) is 6.71 Å². The van der Waals surface area contributed by atoms with Gasteiger partial charge >= 0.3 is 51.4 Å². The van der Waals surface area contributed by atoms with Gasteiger partial charge in [0.05, 0.1) is 0 Å². The van der Waals surface area contributed by atoms with Crippen molar-refractivity contribution in [3.8, 4) is 0 Å². The van der Waals surface area contributed by atoms with E-state index in [9.17, 15) is 0 Å². The summed E-state index contributed by atoms with van der Waals surface area (Å²) < 4.78 is 0. The molecule has 0 aromatic heterocycles. The molecular formula is C9H16BK. The van der Waals surface area contributed by atoms with Crippen molar-refractivity contribution in [1.29, 1.82) is 0 Å². The molecule has 0 saturated carbocycles. The van der Waals surface area contributed by atoms with Crippen molar-refractivity contribution >= 4 is 6.71 Å². The largest absolute Gasteiger partial charge is 1.00 e. The summed E-state index contributed by atoms with van der Waals surface area (Å²) in [6.07, 6.45) is 9.07. The second-order valence-electron chi connectivity index (χ2n) is 2.44. The Morgan fingerprint density at radius 2 is 1.18 bits per heavy atom. The predicted octanol–water partition coefficient (Wildman–Crippen LogP) is 0.156. The van der Waals surface area contributed by atoms with Gasteiger partial charge in [0.2, 0.25) is 0 Å². The molecule has 0 aromatic carbocycles. The first-order valence-electron chi connectivity index (χ1n) is 3.67. The summed E-state index contributed by atoms with van der Waals surface area (Å²) in [5, 5.41) is 0. The number of hydrogen-bond donors (Lipinski definition) is 0. The molecule has 0 spiro atoms. The van der Waals surface area contributed by atoms with Crippen molar-refractivity contribution < 1.29 is 52.8 Å². The summed E-state index contributed by atoms with van der Waals surface area (Å²) in [6, 6.07) is 0. The number of rotatable bonds is 6. The third-order valence-electron chi connectivity index (χ3n) is 1.50. The predicted molar refractivity (Wildman–Crippen MR) is 51.9 cm³/mol. The van der Waals surface area contributed by atoms with Gasteiger partial charge in [0, 0.05) is 0 Å². The Hall–Kier alpha value is 0.921. The first-order valence-corrected chi connectivity index (χ1v) is 3.67. The molecule has 0 fully saturated rings. The summed E-state index contributed by atoms with van der Waals surface area (Å²) in [4.78, 5) is 0. The van der Waals surface area contributed by atoms with Crippen LogP contribution in [0.2, 0.25) is 19.0 Å². The summed E-state index contributed by atoms with van der Waals surface area (Å²) >= 11 is 0. The fourth-order valence-corrected chi connectivity index (χ4v) is 0.996. The minimum Gasteiger partial charge on any atom is -1.00 e. The van der Waals surface area contributed by atoms with Crippen LogP contribution in [0.3, 0.4) is 0 Å². The van der Waals surface area contributed by atoms with Gasteiger partial charge < -0.3 is 1.43 Å². The second-order valence-corrected chi connectivity index (χ2v) is 2.44. The van der Waals surface area contributed by atoms with Crippen LogP contribution >= 0.6 is 0 Å². The topological polar surface area (TPSA) is 0 Å². The Morgan fingerprint density at radius 1 is 0.909 bits per heavy atom. The fraction of sp³-hybridized carbons (Fsp3) is 0.333. The Labute approximate surface area is 115 Å². The normalized spacial score (nSPS) is 7.64. The van der Waals surface area contributed by atoms with Gasteiger partial charge in [-0.2, -0.15) is 0 Å². The van der Waals surface area contributed by atoms with Crippen molar-refractivity contribution in [2.45, 2.75) is 19.0 Å². The molecule has 0 aromatic rings. The minimum absolute atomic E-state index is 0. The molecule has 0 aliphatic carbocycles. The van der Waals surface area contributed by atoms with Crippen LogP contribution in [0, 0.1) is 0 Å². The minimum atomic E-state index is 0. The van der Waals surface area contributed by atoms with E-state index in [4.69, 9.17) is 0 Å². The molecule has 56 valence electrons. The van der Waals surface area contributed by atoms with Crippen LogP contribution in [0.15, 0.2) is 38.0 Å². The first-order chi connectivity index (χ1) is 4.85. The van der Waals surface area contributed by atoms with E-state index >= 15 is 0 Å². The van der Waals surface area contributed by atoms with Crippen LogP contribution in [-0.2, 0) is 0 Å². The van der Waals surface area contributed by atoms with E-state index in [1.807, 2.05) is 18.2 Å². The van der Waals surface area contributed by atoms with Crippen LogP contribution in [0.5, 0.6) is 0 Å². The Morgan fingerprint density at radius 3 is 1.36 bits per heavy atom. The maximum absolute atomic E-state index is 3.70. The Bertz CT molecular complexity index is 102. The van der Waals surface area contributed by atoms with E-state index < -0.39 is 0 Å². The van der Waals surface area contributed by atoms with Crippen molar-refractivity contribution in [2.24, 2.45) is 0 Å². The Kier molecular flexibility index (Phi) is 14.3. The van der Waals surface area contributed by atoms with Gasteiger partial charge in [0.1, 0.15) is 0 Å². The third-order valence-corrected chi connectivity index (χ3v) is 1.50. The summed E-state index contributed by atoms with van der Waals surface area (Å²) in [6.45, 7) is 11.8. The van der Waals surface area contributed by atoms with E-state index in [-0.39, 0.29) is 52.8 Å². The van der Waals surface area contributed by atoms with Gasteiger partial charge in [-0.25, -0.2) is 0 Å². The van der Waals surface area contributed by atoms with Crippen LogP contribution in [0.25, 0.3) is 0 Å². The summed E-state index contributed by atoms with van der Waals surface area (Å²) in [7, 11) is 0. The molecular weight excluding hydrogens is 158 g/mol. The maximum Gasteiger partial charge on any atom is 1.00 e. The van der Waals surface area contributed by atoms with Gasteiger partial charge in [-0.1, -0.05) is 37.2 Å². The Balaban J connectivity index is -0.000000405. The van der Waals surface area contributed by atoms with E-state index in [1.165, 1.54) is 0 Å². The molecule has 2 heteroatoms. The van der Waals surface area contributed by atoms with Crippen LogP contribution in [0.1, 0.15) is 1.43 Å². The average Bonchev–Trinajstić information content (AvgIpc) is 1.90. The van der Waals surface area contributed by atoms with E-state index in [0.717, 1.165) is 19.0 Å². The monoisotopic (exact) mass is 174 g/mol. The van der Waals surface area contributed by atoms with Gasteiger partial charge in [-0.05, 0) is 0 Å². The van der Waals surface area contributed by atoms with Crippen LogP contribution in [0.4, 0.5) is 0 Å². The van der Waals surface area contributed by atoms with Crippen molar-refractivity contribution in [3.05, 3.63) is 38.0 Å². The molecule has 0 aliphatic heterocycles. The molecule has 0 unspecified atom stereocenters. The molecule has 0 aliphatic rings. The molecule has 0 rings (SSSR count). The maximum atomic E-state index is 3.70. The zero-order valence-corrected chi connectivity index (χ0v) is 10.7. The molecule has 0 bridgehead atoms. The van der Waals surface area contributed by atoms with Crippen LogP contribution in [-0.4, -0.2) is 6.71 Å². The van der Waals surface area contributed by atoms with E-state index in [2.05, 4.69) is 19.7 Å². The number of hydrogen-bond acceptors (Lipinski definition) is 0. The van der Waals surface area contributed by atoms with Crippen LogP contribution < -0.4 is 51.4 Å². The van der Waals surface area contributed by atoms with Gasteiger partial charge in [-0.15, -0.1) is 19.7 Å². The first kappa shape index (κ1) is 14.4. The zero-order valence-electron chi connectivity index (χ0n) is 8.55. The SMILES string of the molecule is C=CCB(CC=C)CC=C.[H-].[K+]. The second kappa shape index (κ2) is 10.9. The van der Waals surface area contributed by atoms with Crippen molar-refractivity contribution in [1.82, 2.24) is 0 Å². The van der Waals surface area contributed by atoms with Crippen molar-refractivity contribution in [2.75, 3.05) is 0 Å². The molecule has 0 N–H and O–H groups in total. The standard InChI is InChI=1S/C9H15B.K.H/c1-4-7-10(8-5-2)9-6-3;;/h4-6H,1-3,7-9H2;;/q;+1;-1. The molecule has 0 saturated heterocycles. The molecule has 0 atom stereocenters. The average molecular weight is 174 g/mol. The van der Waals surface area contributed by atoms with Crippen molar-refractivity contribution in [3.63, 3.8) is 0 Å². The van der Waals surface area contributed by atoms with E-state index in [0.29, 0.717) is 6.71 Å². The van der Waals surface area contributed by atoms with Gasteiger partial charge in [0.25, 0.3) is 0 Å². The molecule has 11 heavy (non-hydrogen) atoms. The zero-order chi connectivity index (χ0) is 7.82. The van der Waals surface area contributed by atoms with Gasteiger partial charge in [-0.3, -0.25) is 0 Å². The molecule has 0 amide bonds. The number of allylic oxidation sites excluding steroid dienone is 3. The molecule has 0 heterocycles. The fourth-order valence-electron chi connectivity index (χ4n) is 0.996. The molecule has 0 nitrogen and oxygen atoms in total. The quantitative estimate of drug-likeness (QED) is 0.397. The summed E-state index contributed by atoms with van der Waals surface area (Å²) in [5.41, 5.74) is 0. The summed E-state index contributed by atoms with van der Waals surface area (Å²) in [5.74, 6) is 0. The van der Waals surface area contributed by atoms with E-state index in [1.54, 1.807) is 0 Å². The molecule has 0 radical (unpaired) electrons. The smallest absolute Gasteiger partial charge is 1.00 e. The third kappa shape index (κ3) is 8.83.